The van der Waals surface area contributed by atoms with E-state index in [-0.39, 0.29) is 31.8 Å². The molecule has 0 atom stereocenters. The van der Waals surface area contributed by atoms with Gasteiger partial charge in [0.25, 0.3) is 0 Å². The second kappa shape index (κ2) is 7.92. The van der Waals surface area contributed by atoms with E-state index in [0.29, 0.717) is 31.6 Å². The highest BCUT2D eigenvalue weighted by atomic mass is 19.3. The first kappa shape index (κ1) is 21.3. The van der Waals surface area contributed by atoms with Gasteiger partial charge in [0.05, 0.1) is 12.2 Å². The predicted octanol–water partition coefficient (Wildman–Crippen LogP) is 5.88. The zero-order valence-electron chi connectivity index (χ0n) is 14.8. The van der Waals surface area contributed by atoms with Crippen LogP contribution in [0.3, 0.4) is 0 Å². The van der Waals surface area contributed by atoms with Crippen molar-refractivity contribution in [2.75, 3.05) is 6.61 Å². The third-order valence-corrected chi connectivity index (χ3v) is 4.76. The van der Waals surface area contributed by atoms with Crippen LogP contribution in [0.2, 0.25) is 0 Å². The zero-order valence-corrected chi connectivity index (χ0v) is 14.8. The van der Waals surface area contributed by atoms with Crippen LogP contribution in [-0.4, -0.2) is 36.8 Å². The lowest BCUT2D eigenvalue weighted by molar-refractivity contribution is -0.274. The topological polar surface area (TPSA) is 18.5 Å². The quantitative estimate of drug-likeness (QED) is 0.509. The number of hydrogen-bond acceptors (Lipinski definition) is 2. The summed E-state index contributed by atoms with van der Waals surface area (Å²) < 4.78 is 95.1. The lowest BCUT2D eigenvalue weighted by atomic mass is 9.87. The van der Waals surface area contributed by atoms with E-state index in [1.165, 1.54) is 0 Å². The fraction of sp³-hybridized carbons (Fsp3) is 0.778. The molecule has 0 bridgehead atoms. The summed E-state index contributed by atoms with van der Waals surface area (Å²) in [4.78, 5) is 0. The highest BCUT2D eigenvalue weighted by Gasteiger charge is 2.67. The van der Waals surface area contributed by atoms with Crippen molar-refractivity contribution in [1.29, 1.82) is 0 Å². The third kappa shape index (κ3) is 4.11. The van der Waals surface area contributed by atoms with E-state index in [4.69, 9.17) is 4.74 Å². The predicted molar refractivity (Wildman–Crippen MR) is 84.7 cm³/mol. The Morgan fingerprint density at radius 2 is 1.54 bits per heavy atom. The van der Waals surface area contributed by atoms with Crippen molar-refractivity contribution in [3.05, 3.63) is 23.3 Å². The molecule has 0 spiro atoms. The standard InChI is InChI=1S/C18H24F6O2/c1-3-5-12-6-11-15(17(21,22)16(12,19)20)18(23,24)26-14-9-7-13(8-10-14)25-4-2/h6,11,13-14H,3-5,7-10H2,1-2H3. The molecule has 0 unspecified atom stereocenters. The lowest BCUT2D eigenvalue weighted by Gasteiger charge is -2.37. The van der Waals surface area contributed by atoms with Crippen LogP contribution in [0.15, 0.2) is 23.3 Å². The first-order valence-corrected chi connectivity index (χ1v) is 8.91. The second-order valence-corrected chi connectivity index (χ2v) is 6.66. The molecule has 0 aromatic heterocycles. The number of allylic oxidation sites excluding steroid dienone is 3. The Labute approximate surface area is 149 Å². The summed E-state index contributed by atoms with van der Waals surface area (Å²) in [6.45, 7) is 3.85. The van der Waals surface area contributed by atoms with Gasteiger partial charge in [0, 0.05) is 12.2 Å². The number of halogens is 6. The van der Waals surface area contributed by atoms with Crippen molar-refractivity contribution in [1.82, 2.24) is 0 Å². The van der Waals surface area contributed by atoms with Crippen molar-refractivity contribution < 1.29 is 35.8 Å². The van der Waals surface area contributed by atoms with E-state index in [1.54, 1.807) is 6.92 Å². The van der Waals surface area contributed by atoms with Crippen molar-refractivity contribution in [2.24, 2.45) is 0 Å². The van der Waals surface area contributed by atoms with Gasteiger partial charge in [-0.15, -0.1) is 0 Å². The average Bonchev–Trinajstić information content (AvgIpc) is 2.54. The van der Waals surface area contributed by atoms with Crippen LogP contribution in [-0.2, 0) is 9.47 Å². The molecule has 150 valence electrons. The van der Waals surface area contributed by atoms with Crippen LogP contribution in [0.25, 0.3) is 0 Å². The fourth-order valence-electron chi connectivity index (χ4n) is 3.38. The Morgan fingerprint density at radius 3 is 2.08 bits per heavy atom. The Morgan fingerprint density at radius 1 is 0.962 bits per heavy atom. The lowest BCUT2D eigenvalue weighted by Crippen LogP contribution is -2.51. The number of alkyl halides is 6. The summed E-state index contributed by atoms with van der Waals surface area (Å²) in [6, 6.07) is 0. The van der Waals surface area contributed by atoms with Gasteiger partial charge in [-0.05, 0) is 45.1 Å². The molecule has 2 rings (SSSR count). The highest BCUT2D eigenvalue weighted by molar-refractivity contribution is 5.40. The van der Waals surface area contributed by atoms with Gasteiger partial charge in [-0.1, -0.05) is 19.4 Å². The van der Waals surface area contributed by atoms with E-state index in [1.807, 2.05) is 6.92 Å². The van der Waals surface area contributed by atoms with E-state index in [2.05, 4.69) is 4.74 Å². The first-order chi connectivity index (χ1) is 12.1. The molecule has 0 amide bonds. The third-order valence-electron chi connectivity index (χ3n) is 4.76. The molecule has 1 saturated carbocycles. The monoisotopic (exact) mass is 386 g/mol. The van der Waals surface area contributed by atoms with Gasteiger partial charge >= 0.3 is 18.0 Å². The van der Waals surface area contributed by atoms with Crippen molar-refractivity contribution in [2.45, 2.75) is 82.5 Å². The largest absolute Gasteiger partial charge is 0.385 e. The Bertz CT molecular complexity index is 548. The maximum Gasteiger partial charge on any atom is 0.385 e. The van der Waals surface area contributed by atoms with Gasteiger partial charge in [0.15, 0.2) is 0 Å². The molecule has 26 heavy (non-hydrogen) atoms. The number of ether oxygens (including phenoxy) is 2. The van der Waals surface area contributed by atoms with Gasteiger partial charge in [-0.25, -0.2) is 0 Å². The van der Waals surface area contributed by atoms with Crippen LogP contribution in [0.5, 0.6) is 0 Å². The normalized spacial score (nSPS) is 28.5. The van der Waals surface area contributed by atoms with E-state index >= 15 is 0 Å². The van der Waals surface area contributed by atoms with E-state index in [9.17, 15) is 26.3 Å². The van der Waals surface area contributed by atoms with Gasteiger partial charge in [0.1, 0.15) is 5.57 Å². The zero-order chi connectivity index (χ0) is 19.6. The Hall–Kier alpha value is -1.02. The molecule has 0 aromatic carbocycles. The van der Waals surface area contributed by atoms with E-state index < -0.39 is 35.2 Å². The van der Waals surface area contributed by atoms with Crippen LogP contribution in [0.4, 0.5) is 26.3 Å². The smallest absolute Gasteiger partial charge is 0.379 e. The van der Waals surface area contributed by atoms with Crippen LogP contribution in [0, 0.1) is 0 Å². The summed E-state index contributed by atoms with van der Waals surface area (Å²) >= 11 is 0. The van der Waals surface area contributed by atoms with Crippen LogP contribution in [0.1, 0.15) is 52.4 Å². The molecule has 0 aromatic rings. The molecule has 0 N–H and O–H groups in total. The van der Waals surface area contributed by atoms with Crippen molar-refractivity contribution in [3.63, 3.8) is 0 Å². The maximum atomic E-state index is 14.3. The summed E-state index contributed by atoms with van der Waals surface area (Å²) in [7, 11) is 0. The minimum atomic E-state index is -5.00. The molecule has 2 aliphatic carbocycles. The fourth-order valence-corrected chi connectivity index (χ4v) is 3.38. The summed E-state index contributed by atoms with van der Waals surface area (Å²) in [5.41, 5.74) is -2.83. The molecule has 0 radical (unpaired) electrons. The van der Waals surface area contributed by atoms with Crippen LogP contribution >= 0.6 is 0 Å². The van der Waals surface area contributed by atoms with Crippen LogP contribution < -0.4 is 0 Å². The molecule has 1 fully saturated rings. The second-order valence-electron chi connectivity index (χ2n) is 6.66. The summed E-state index contributed by atoms with van der Waals surface area (Å²) in [6.07, 6.45) is -3.24. The van der Waals surface area contributed by atoms with Gasteiger partial charge in [-0.3, -0.25) is 0 Å². The Balaban J connectivity index is 2.15. The molecule has 8 heteroatoms. The first-order valence-electron chi connectivity index (χ1n) is 8.91. The maximum absolute atomic E-state index is 14.3. The SMILES string of the molecule is CCCC1=CC=C(C(F)(F)OC2CCC(OCC)CC2)C(F)(F)C1(F)F. The van der Waals surface area contributed by atoms with Gasteiger partial charge < -0.3 is 9.47 Å². The van der Waals surface area contributed by atoms with Crippen molar-refractivity contribution in [3.8, 4) is 0 Å². The van der Waals surface area contributed by atoms with Crippen molar-refractivity contribution >= 4 is 0 Å². The molecule has 2 nitrogen and oxygen atoms in total. The molecular formula is C18H24F6O2. The molecule has 0 heterocycles. The minimum Gasteiger partial charge on any atom is -0.379 e. The molecule has 0 aliphatic heterocycles. The highest BCUT2D eigenvalue weighted by Crippen LogP contribution is 2.53. The average molecular weight is 386 g/mol. The molecule has 2 aliphatic rings. The van der Waals surface area contributed by atoms with Gasteiger partial charge in [-0.2, -0.15) is 26.3 Å². The summed E-state index contributed by atoms with van der Waals surface area (Å²) in [5.74, 6) is -9.66. The molecular weight excluding hydrogens is 362 g/mol. The minimum absolute atomic E-state index is 0.0762. The number of hydrogen-bond donors (Lipinski definition) is 0. The molecule has 0 saturated heterocycles. The Kier molecular flexibility index (Phi) is 6.48. The number of rotatable bonds is 7. The van der Waals surface area contributed by atoms with Gasteiger partial charge in [0.2, 0.25) is 0 Å². The summed E-state index contributed by atoms with van der Waals surface area (Å²) in [5, 5.41) is 0. The van der Waals surface area contributed by atoms with E-state index in [0.717, 1.165) is 0 Å².